The third-order valence-corrected chi connectivity index (χ3v) is 2.86. The highest BCUT2D eigenvalue weighted by Gasteiger charge is 2.07. The van der Waals surface area contributed by atoms with Crippen LogP contribution in [0.4, 0.5) is 5.69 Å². The van der Waals surface area contributed by atoms with E-state index in [9.17, 15) is 0 Å². The lowest BCUT2D eigenvalue weighted by molar-refractivity contribution is 0.269. The molecule has 0 aliphatic heterocycles. The first-order chi connectivity index (χ1) is 9.22. The topological polar surface area (TPSA) is 73.9 Å². The third-order valence-electron chi connectivity index (χ3n) is 2.86. The Morgan fingerprint density at radius 2 is 2.37 bits per heavy atom. The van der Waals surface area contributed by atoms with E-state index in [0.717, 1.165) is 11.3 Å². The lowest BCUT2D eigenvalue weighted by Gasteiger charge is -2.14. The highest BCUT2D eigenvalue weighted by molar-refractivity contribution is 5.43. The molecule has 2 aromatic rings. The van der Waals surface area contributed by atoms with Crippen LogP contribution in [0.3, 0.4) is 0 Å². The molecule has 0 saturated heterocycles. The van der Waals surface area contributed by atoms with Crippen molar-refractivity contribution in [3.8, 4) is 6.07 Å². The standard InChI is InChI=1S/C14H16N4O/c1-11(13-4-2-3-12(7-13)8-15)17-14-9-16-18(10-14)5-6-19/h2-4,7,9-11,17,19H,5-6H2,1H3. The Hall–Kier alpha value is -2.32. The van der Waals surface area contributed by atoms with Gasteiger partial charge in [0, 0.05) is 12.2 Å². The van der Waals surface area contributed by atoms with E-state index in [1.165, 1.54) is 0 Å². The van der Waals surface area contributed by atoms with Crippen LogP contribution in [0.15, 0.2) is 36.7 Å². The van der Waals surface area contributed by atoms with Gasteiger partial charge in [0.05, 0.1) is 36.7 Å². The number of hydrogen-bond donors (Lipinski definition) is 2. The molecule has 0 aliphatic rings. The van der Waals surface area contributed by atoms with Crippen LogP contribution in [-0.2, 0) is 6.54 Å². The van der Waals surface area contributed by atoms with Gasteiger partial charge in [0.25, 0.3) is 0 Å². The summed E-state index contributed by atoms with van der Waals surface area (Å²) in [5.74, 6) is 0. The summed E-state index contributed by atoms with van der Waals surface area (Å²) in [4.78, 5) is 0. The number of benzene rings is 1. The summed E-state index contributed by atoms with van der Waals surface area (Å²) < 4.78 is 1.68. The van der Waals surface area contributed by atoms with Gasteiger partial charge in [-0.15, -0.1) is 0 Å². The minimum atomic E-state index is 0.0703. The molecule has 0 amide bonds. The first kappa shape index (κ1) is 13.1. The van der Waals surface area contributed by atoms with Crippen LogP contribution < -0.4 is 5.32 Å². The van der Waals surface area contributed by atoms with E-state index < -0.39 is 0 Å². The van der Waals surface area contributed by atoms with Crippen LogP contribution in [0.2, 0.25) is 0 Å². The van der Waals surface area contributed by atoms with E-state index in [0.29, 0.717) is 12.1 Å². The van der Waals surface area contributed by atoms with Crippen molar-refractivity contribution in [2.45, 2.75) is 19.5 Å². The van der Waals surface area contributed by atoms with Crippen LogP contribution in [0.5, 0.6) is 0 Å². The average Bonchev–Trinajstić information content (AvgIpc) is 2.86. The van der Waals surface area contributed by atoms with Crippen LogP contribution in [-0.4, -0.2) is 21.5 Å². The summed E-state index contributed by atoms with van der Waals surface area (Å²) in [5.41, 5.74) is 2.60. The number of nitrogens with zero attached hydrogens (tertiary/aromatic N) is 3. The number of anilines is 1. The number of nitrogens with one attached hydrogen (secondary N) is 1. The zero-order chi connectivity index (χ0) is 13.7. The molecule has 0 aliphatic carbocycles. The minimum Gasteiger partial charge on any atom is -0.394 e. The molecule has 0 spiro atoms. The molecule has 2 rings (SSSR count). The van der Waals surface area contributed by atoms with E-state index in [4.69, 9.17) is 10.4 Å². The molecule has 0 fully saturated rings. The highest BCUT2D eigenvalue weighted by atomic mass is 16.3. The maximum atomic E-state index is 8.89. The van der Waals surface area contributed by atoms with Crippen molar-refractivity contribution in [2.24, 2.45) is 0 Å². The van der Waals surface area contributed by atoms with E-state index in [2.05, 4.69) is 16.5 Å². The van der Waals surface area contributed by atoms with E-state index in [-0.39, 0.29) is 12.6 Å². The fourth-order valence-corrected chi connectivity index (χ4v) is 1.87. The molecule has 1 unspecified atom stereocenters. The van der Waals surface area contributed by atoms with Gasteiger partial charge in [0.15, 0.2) is 0 Å². The Bertz CT molecular complexity index is 585. The maximum absolute atomic E-state index is 8.89. The predicted octanol–water partition coefficient (Wildman–Crippen LogP) is 1.92. The largest absolute Gasteiger partial charge is 0.394 e. The molecule has 1 heterocycles. The van der Waals surface area contributed by atoms with Gasteiger partial charge in [-0.1, -0.05) is 12.1 Å². The summed E-state index contributed by atoms with van der Waals surface area (Å²) in [7, 11) is 0. The SMILES string of the molecule is CC(Nc1cnn(CCO)c1)c1cccc(C#N)c1. The van der Waals surface area contributed by atoms with Gasteiger partial charge in [0.2, 0.25) is 0 Å². The second-order valence-electron chi connectivity index (χ2n) is 4.32. The molecule has 1 atom stereocenters. The average molecular weight is 256 g/mol. The van der Waals surface area contributed by atoms with Crippen LogP contribution in [0.1, 0.15) is 24.1 Å². The molecule has 1 aromatic heterocycles. The Morgan fingerprint density at radius 3 is 3.11 bits per heavy atom. The van der Waals surface area contributed by atoms with Crippen molar-refractivity contribution in [2.75, 3.05) is 11.9 Å². The summed E-state index contributed by atoms with van der Waals surface area (Å²) in [6, 6.07) is 9.74. The van der Waals surface area contributed by atoms with Crippen LogP contribution in [0.25, 0.3) is 0 Å². The van der Waals surface area contributed by atoms with Crippen molar-refractivity contribution in [3.05, 3.63) is 47.8 Å². The first-order valence-electron chi connectivity index (χ1n) is 6.13. The zero-order valence-corrected chi connectivity index (χ0v) is 10.7. The fraction of sp³-hybridized carbons (Fsp3) is 0.286. The second kappa shape index (κ2) is 6.03. The number of aliphatic hydroxyl groups is 1. The second-order valence-corrected chi connectivity index (χ2v) is 4.32. The fourth-order valence-electron chi connectivity index (χ4n) is 1.87. The Balaban J connectivity index is 2.07. The minimum absolute atomic E-state index is 0.0703. The molecule has 2 N–H and O–H groups in total. The molecule has 0 radical (unpaired) electrons. The number of rotatable bonds is 5. The molecular weight excluding hydrogens is 240 g/mol. The molecule has 0 saturated carbocycles. The van der Waals surface area contributed by atoms with Crippen LogP contribution >= 0.6 is 0 Å². The van der Waals surface area contributed by atoms with E-state index >= 15 is 0 Å². The number of hydrogen-bond acceptors (Lipinski definition) is 4. The van der Waals surface area contributed by atoms with Crippen molar-refractivity contribution in [3.63, 3.8) is 0 Å². The smallest absolute Gasteiger partial charge is 0.0991 e. The van der Waals surface area contributed by atoms with Crippen molar-refractivity contribution < 1.29 is 5.11 Å². The number of aromatic nitrogens is 2. The van der Waals surface area contributed by atoms with Gasteiger partial charge in [-0.2, -0.15) is 10.4 Å². The Labute approximate surface area is 112 Å². The molecule has 19 heavy (non-hydrogen) atoms. The van der Waals surface area contributed by atoms with Crippen molar-refractivity contribution in [1.82, 2.24) is 9.78 Å². The molecule has 5 heteroatoms. The predicted molar refractivity (Wildman–Crippen MR) is 72.5 cm³/mol. The summed E-state index contributed by atoms with van der Waals surface area (Å²) in [6.45, 7) is 2.58. The normalized spacial score (nSPS) is 11.8. The number of nitriles is 1. The lowest BCUT2D eigenvalue weighted by Crippen LogP contribution is -2.06. The lowest BCUT2D eigenvalue weighted by atomic mass is 10.1. The summed E-state index contributed by atoms with van der Waals surface area (Å²) in [5, 5.41) is 25.2. The third kappa shape index (κ3) is 3.33. The molecule has 0 bridgehead atoms. The highest BCUT2D eigenvalue weighted by Crippen LogP contribution is 2.19. The van der Waals surface area contributed by atoms with Crippen molar-refractivity contribution >= 4 is 5.69 Å². The summed E-state index contributed by atoms with van der Waals surface area (Å²) in [6.07, 6.45) is 3.57. The first-order valence-corrected chi connectivity index (χ1v) is 6.13. The molecule has 1 aromatic carbocycles. The summed E-state index contributed by atoms with van der Waals surface area (Å²) >= 11 is 0. The quantitative estimate of drug-likeness (QED) is 0.857. The van der Waals surface area contributed by atoms with Gasteiger partial charge in [-0.3, -0.25) is 4.68 Å². The molecular formula is C14H16N4O. The van der Waals surface area contributed by atoms with Gasteiger partial charge in [-0.25, -0.2) is 0 Å². The zero-order valence-electron chi connectivity index (χ0n) is 10.7. The van der Waals surface area contributed by atoms with Crippen molar-refractivity contribution in [1.29, 1.82) is 5.26 Å². The van der Waals surface area contributed by atoms with E-state index in [1.54, 1.807) is 16.9 Å². The van der Waals surface area contributed by atoms with E-state index in [1.807, 2.05) is 31.3 Å². The maximum Gasteiger partial charge on any atom is 0.0991 e. The number of aliphatic hydroxyl groups excluding tert-OH is 1. The monoisotopic (exact) mass is 256 g/mol. The van der Waals surface area contributed by atoms with Gasteiger partial charge in [-0.05, 0) is 24.6 Å². The molecule has 5 nitrogen and oxygen atoms in total. The van der Waals surface area contributed by atoms with Crippen LogP contribution in [0, 0.1) is 11.3 Å². The van der Waals surface area contributed by atoms with Gasteiger partial charge in [0.1, 0.15) is 0 Å². The Kier molecular flexibility index (Phi) is 4.16. The van der Waals surface area contributed by atoms with Gasteiger partial charge < -0.3 is 10.4 Å². The molecule has 98 valence electrons. The van der Waals surface area contributed by atoms with Gasteiger partial charge >= 0.3 is 0 Å². The Morgan fingerprint density at radius 1 is 1.53 bits per heavy atom.